The molecule has 0 unspecified atom stereocenters. The van der Waals surface area contributed by atoms with Crippen LogP contribution in [0.2, 0.25) is 0 Å². The molecule has 0 aliphatic heterocycles. The van der Waals surface area contributed by atoms with Crippen molar-refractivity contribution in [2.45, 2.75) is 0 Å². The number of aromatic amines is 1. The van der Waals surface area contributed by atoms with Crippen molar-refractivity contribution in [2.75, 3.05) is 0 Å². The standard InChI is InChI=1S/C2H2N6/c3-4-1-2-5-7-8-6-2/h1H,(H,5,6,7,8). The number of H-pyrrole nitrogens is 1. The minimum absolute atomic E-state index is 0.257. The molecule has 1 N–H and O–H groups in total. The number of hydrogen-bond acceptors (Lipinski definition) is 3. The monoisotopic (exact) mass is 110 g/mol. The molecule has 0 saturated carbocycles. The highest BCUT2D eigenvalue weighted by Gasteiger charge is 1.93. The quantitative estimate of drug-likeness (QED) is 0.281. The average molecular weight is 110 g/mol. The maximum absolute atomic E-state index is 7.89. The summed E-state index contributed by atoms with van der Waals surface area (Å²) in [5.74, 6) is 0.257. The number of nitrogens with zero attached hydrogens (tertiary/aromatic N) is 5. The second kappa shape index (κ2) is 1.94. The van der Waals surface area contributed by atoms with E-state index in [1.54, 1.807) is 0 Å². The summed E-state index contributed by atoms with van der Waals surface area (Å²) >= 11 is 0. The molecule has 6 nitrogen and oxygen atoms in total. The molecule has 0 aromatic carbocycles. The van der Waals surface area contributed by atoms with Crippen molar-refractivity contribution in [1.82, 2.24) is 20.6 Å². The van der Waals surface area contributed by atoms with Crippen LogP contribution in [0.15, 0.2) is 0 Å². The van der Waals surface area contributed by atoms with Gasteiger partial charge in [0.05, 0.1) is 0 Å². The molecule has 1 aromatic rings. The third kappa shape index (κ3) is 0.742. The van der Waals surface area contributed by atoms with Crippen LogP contribution >= 0.6 is 0 Å². The maximum atomic E-state index is 7.89. The summed E-state index contributed by atoms with van der Waals surface area (Å²) in [5.41, 5.74) is 7.89. The van der Waals surface area contributed by atoms with Crippen LogP contribution in [0.4, 0.5) is 0 Å². The van der Waals surface area contributed by atoms with Gasteiger partial charge in [-0.25, -0.2) is 0 Å². The van der Waals surface area contributed by atoms with Crippen LogP contribution < -0.4 is 0 Å². The van der Waals surface area contributed by atoms with E-state index in [2.05, 4.69) is 25.4 Å². The first-order valence-electron chi connectivity index (χ1n) is 1.84. The SMILES string of the molecule is [N-]=[N+]=Cc1nn[nH]n1. The Labute approximate surface area is 44.2 Å². The van der Waals surface area contributed by atoms with Crippen LogP contribution in [0.3, 0.4) is 0 Å². The Morgan fingerprint density at radius 2 is 2.62 bits per heavy atom. The molecule has 40 valence electrons. The van der Waals surface area contributed by atoms with Crippen molar-refractivity contribution in [3.05, 3.63) is 11.4 Å². The lowest BCUT2D eigenvalue weighted by Gasteiger charge is -1.58. The van der Waals surface area contributed by atoms with E-state index in [-0.39, 0.29) is 5.82 Å². The highest BCUT2D eigenvalue weighted by atomic mass is 15.5. The summed E-state index contributed by atoms with van der Waals surface area (Å²) in [4.78, 5) is 2.67. The van der Waals surface area contributed by atoms with Gasteiger partial charge < -0.3 is 5.53 Å². The molecule has 0 saturated heterocycles. The molecular weight excluding hydrogens is 108 g/mol. The smallest absolute Gasteiger partial charge is 0.328 e. The third-order valence-corrected chi connectivity index (χ3v) is 0.535. The molecule has 0 aliphatic carbocycles. The second-order valence-corrected chi connectivity index (χ2v) is 1.01. The fraction of sp³-hybridized carbons (Fsp3) is 0. The van der Waals surface area contributed by atoms with Crippen molar-refractivity contribution in [3.8, 4) is 0 Å². The highest BCUT2D eigenvalue weighted by molar-refractivity contribution is 5.68. The molecule has 8 heavy (non-hydrogen) atoms. The van der Waals surface area contributed by atoms with E-state index in [4.69, 9.17) is 5.53 Å². The molecular formula is C2H2N6. The fourth-order valence-electron chi connectivity index (χ4n) is 0.276. The minimum Gasteiger partial charge on any atom is -0.361 e. The van der Waals surface area contributed by atoms with Crippen LogP contribution in [0.5, 0.6) is 0 Å². The molecule has 0 aliphatic rings. The molecule has 0 atom stereocenters. The summed E-state index contributed by atoms with van der Waals surface area (Å²) in [6.45, 7) is 0. The lowest BCUT2D eigenvalue weighted by atomic mass is 10.7. The van der Waals surface area contributed by atoms with Gasteiger partial charge in [0.25, 0.3) is 5.82 Å². The second-order valence-electron chi connectivity index (χ2n) is 1.01. The number of hydrogen-bond donors (Lipinski definition) is 1. The Bertz CT molecular complexity index is 192. The third-order valence-electron chi connectivity index (χ3n) is 0.535. The minimum atomic E-state index is 0.257. The molecule has 1 heterocycles. The van der Waals surface area contributed by atoms with Crippen molar-refractivity contribution >= 4 is 6.21 Å². The lowest BCUT2D eigenvalue weighted by Crippen LogP contribution is -1.83. The van der Waals surface area contributed by atoms with Gasteiger partial charge in [-0.1, -0.05) is 0 Å². The largest absolute Gasteiger partial charge is 0.361 e. The summed E-state index contributed by atoms with van der Waals surface area (Å²) in [6.07, 6.45) is 1.07. The Balaban J connectivity index is 2.93. The molecule has 0 amide bonds. The van der Waals surface area contributed by atoms with Crippen molar-refractivity contribution in [3.63, 3.8) is 0 Å². The van der Waals surface area contributed by atoms with Crippen molar-refractivity contribution < 1.29 is 4.79 Å². The van der Waals surface area contributed by atoms with E-state index < -0.39 is 0 Å². The molecule has 0 radical (unpaired) electrons. The summed E-state index contributed by atoms with van der Waals surface area (Å²) < 4.78 is 0. The first-order valence-corrected chi connectivity index (χ1v) is 1.84. The van der Waals surface area contributed by atoms with E-state index >= 15 is 0 Å². The maximum Gasteiger partial charge on any atom is 0.328 e. The van der Waals surface area contributed by atoms with E-state index in [9.17, 15) is 0 Å². The molecule has 0 bridgehead atoms. The number of aromatic nitrogens is 4. The van der Waals surface area contributed by atoms with Gasteiger partial charge in [0.2, 0.25) is 0 Å². The summed E-state index contributed by atoms with van der Waals surface area (Å²) in [6, 6.07) is 0. The van der Waals surface area contributed by atoms with E-state index in [1.165, 1.54) is 0 Å². The zero-order valence-electron chi connectivity index (χ0n) is 3.81. The van der Waals surface area contributed by atoms with E-state index in [0.717, 1.165) is 6.21 Å². The molecule has 1 rings (SSSR count). The number of rotatable bonds is 1. The molecule has 6 heteroatoms. The normalized spacial score (nSPS) is 8.00. The first kappa shape index (κ1) is 4.61. The van der Waals surface area contributed by atoms with Gasteiger partial charge in [-0.3, -0.25) is 0 Å². The van der Waals surface area contributed by atoms with Gasteiger partial charge in [-0.2, -0.15) is 10.0 Å². The van der Waals surface area contributed by atoms with E-state index in [1.807, 2.05) is 0 Å². The average Bonchev–Trinajstić information content (AvgIpc) is 2.19. The van der Waals surface area contributed by atoms with Crippen LogP contribution in [0.25, 0.3) is 5.53 Å². The fourth-order valence-corrected chi connectivity index (χ4v) is 0.276. The Morgan fingerprint density at radius 1 is 1.75 bits per heavy atom. The number of tetrazole rings is 1. The Kier molecular flexibility index (Phi) is 1.12. The molecule has 0 spiro atoms. The summed E-state index contributed by atoms with van der Waals surface area (Å²) in [5, 5.41) is 12.3. The zero-order chi connectivity index (χ0) is 5.82. The Morgan fingerprint density at radius 3 is 3.12 bits per heavy atom. The molecule has 0 fully saturated rings. The van der Waals surface area contributed by atoms with E-state index in [0.29, 0.717) is 0 Å². The van der Waals surface area contributed by atoms with Crippen molar-refractivity contribution in [2.24, 2.45) is 0 Å². The van der Waals surface area contributed by atoms with Gasteiger partial charge in [0.15, 0.2) is 0 Å². The zero-order valence-corrected chi connectivity index (χ0v) is 3.81. The van der Waals surface area contributed by atoms with Gasteiger partial charge in [0.1, 0.15) is 0 Å². The van der Waals surface area contributed by atoms with Gasteiger partial charge in [0, 0.05) is 0 Å². The van der Waals surface area contributed by atoms with Crippen LogP contribution in [0.1, 0.15) is 5.82 Å². The first-order chi connectivity index (χ1) is 3.93. The van der Waals surface area contributed by atoms with Gasteiger partial charge in [-0.05, 0) is 5.21 Å². The van der Waals surface area contributed by atoms with Crippen molar-refractivity contribution in [1.29, 1.82) is 0 Å². The Hall–Kier alpha value is -1.55. The predicted octanol–water partition coefficient (Wildman–Crippen LogP) is -1.15. The molecule has 1 aromatic heterocycles. The lowest BCUT2D eigenvalue weighted by molar-refractivity contribution is 0.00395. The van der Waals surface area contributed by atoms with Gasteiger partial charge >= 0.3 is 6.21 Å². The topological polar surface area (TPSA) is 90.9 Å². The van der Waals surface area contributed by atoms with Crippen LogP contribution in [-0.2, 0) is 0 Å². The van der Waals surface area contributed by atoms with Crippen LogP contribution in [-0.4, -0.2) is 31.6 Å². The summed E-state index contributed by atoms with van der Waals surface area (Å²) in [7, 11) is 0. The van der Waals surface area contributed by atoms with Gasteiger partial charge in [-0.15, -0.1) is 10.2 Å². The highest BCUT2D eigenvalue weighted by Crippen LogP contribution is 1.68. The number of nitrogens with one attached hydrogen (secondary N) is 1. The van der Waals surface area contributed by atoms with Crippen LogP contribution in [0, 0.1) is 0 Å². The predicted molar refractivity (Wildman–Crippen MR) is 23.0 cm³/mol.